The Kier molecular flexibility index (Phi) is 6.76. The highest BCUT2D eigenvalue weighted by atomic mass is 32.2. The second-order valence-electron chi connectivity index (χ2n) is 7.19. The van der Waals surface area contributed by atoms with Gasteiger partial charge < -0.3 is 15.2 Å². The second-order valence-corrected chi connectivity index (χ2v) is 9.13. The van der Waals surface area contributed by atoms with Gasteiger partial charge in [0.2, 0.25) is 10.0 Å². The van der Waals surface area contributed by atoms with Crippen LogP contribution in [-0.4, -0.2) is 53.9 Å². The van der Waals surface area contributed by atoms with Gasteiger partial charge in [0.1, 0.15) is 11.5 Å². The molecule has 0 spiro atoms. The lowest BCUT2D eigenvalue weighted by Gasteiger charge is -2.32. The fourth-order valence-corrected chi connectivity index (χ4v) is 4.70. The summed E-state index contributed by atoms with van der Waals surface area (Å²) in [6.45, 7) is 2.05. The molecule has 1 saturated heterocycles. The number of rotatable bonds is 7. The van der Waals surface area contributed by atoms with E-state index < -0.39 is 21.1 Å². The van der Waals surface area contributed by atoms with Gasteiger partial charge in [-0.3, -0.25) is 14.9 Å². The second kappa shape index (κ2) is 9.31. The third-order valence-electron chi connectivity index (χ3n) is 5.00. The molecule has 10 nitrogen and oxygen atoms in total. The van der Waals surface area contributed by atoms with Crippen molar-refractivity contribution in [3.63, 3.8) is 0 Å². The number of ether oxygens (including phenoxy) is 1. The van der Waals surface area contributed by atoms with Crippen molar-refractivity contribution in [2.45, 2.75) is 36.8 Å². The van der Waals surface area contributed by atoms with Gasteiger partial charge in [0, 0.05) is 31.3 Å². The zero-order valence-corrected chi connectivity index (χ0v) is 17.6. The highest BCUT2D eigenvalue weighted by Gasteiger charge is 2.31. The SMILES string of the molecule is CC(Oc1ccc(O)cc1)C(=O)NC1CCN(S(=O)(=O)c2ccc([N+](=O)[O-])cc2)CC1. The molecule has 0 aliphatic carbocycles. The molecule has 31 heavy (non-hydrogen) atoms. The number of aromatic hydroxyl groups is 1. The molecule has 3 rings (SSSR count). The summed E-state index contributed by atoms with van der Waals surface area (Å²) < 4.78 is 32.4. The molecule has 0 radical (unpaired) electrons. The molecule has 11 heteroatoms. The number of nitro benzene ring substituents is 1. The Hall–Kier alpha value is -3.18. The quantitative estimate of drug-likeness (QED) is 0.487. The molecule has 1 aliphatic rings. The first-order chi connectivity index (χ1) is 14.7. The summed E-state index contributed by atoms with van der Waals surface area (Å²) in [6, 6.07) is 10.6. The molecule has 2 N–H and O–H groups in total. The van der Waals surface area contributed by atoms with Crippen LogP contribution in [0.15, 0.2) is 53.4 Å². The molecule has 1 fully saturated rings. The van der Waals surface area contributed by atoms with E-state index in [9.17, 15) is 28.4 Å². The lowest BCUT2D eigenvalue weighted by molar-refractivity contribution is -0.384. The number of sulfonamides is 1. The van der Waals surface area contributed by atoms with Crippen LogP contribution in [-0.2, 0) is 14.8 Å². The van der Waals surface area contributed by atoms with E-state index in [-0.39, 0.29) is 41.4 Å². The van der Waals surface area contributed by atoms with Crippen molar-refractivity contribution < 1.29 is 28.0 Å². The van der Waals surface area contributed by atoms with Gasteiger partial charge in [-0.1, -0.05) is 0 Å². The number of hydrogen-bond acceptors (Lipinski definition) is 7. The molecule has 0 saturated carbocycles. The summed E-state index contributed by atoms with van der Waals surface area (Å²) in [5, 5.41) is 22.9. The van der Waals surface area contributed by atoms with E-state index in [1.807, 2.05) is 0 Å². The monoisotopic (exact) mass is 449 g/mol. The predicted molar refractivity (Wildman–Crippen MR) is 111 cm³/mol. The Morgan fingerprint density at radius 1 is 1.16 bits per heavy atom. The van der Waals surface area contributed by atoms with E-state index in [1.165, 1.54) is 28.6 Å². The molecule has 166 valence electrons. The highest BCUT2D eigenvalue weighted by Crippen LogP contribution is 2.23. The summed E-state index contributed by atoms with van der Waals surface area (Å²) in [5.41, 5.74) is -0.177. The van der Waals surface area contributed by atoms with Crippen molar-refractivity contribution in [1.29, 1.82) is 0 Å². The third-order valence-corrected chi connectivity index (χ3v) is 6.92. The number of hydrogen-bond donors (Lipinski definition) is 2. The summed E-state index contributed by atoms with van der Waals surface area (Å²) in [4.78, 5) is 22.6. The van der Waals surface area contributed by atoms with Crippen LogP contribution in [0.3, 0.4) is 0 Å². The van der Waals surface area contributed by atoms with E-state index in [4.69, 9.17) is 4.74 Å². The van der Waals surface area contributed by atoms with Gasteiger partial charge in [0.05, 0.1) is 9.82 Å². The van der Waals surface area contributed by atoms with Crippen LogP contribution in [0.2, 0.25) is 0 Å². The standard InChI is InChI=1S/C20H23N3O7S/c1-14(30-18-6-4-17(24)5-7-18)20(25)21-15-10-12-22(13-11-15)31(28,29)19-8-2-16(3-9-19)23(26)27/h2-9,14-15,24H,10-13H2,1H3,(H,21,25). The van der Waals surface area contributed by atoms with Crippen molar-refractivity contribution in [1.82, 2.24) is 9.62 Å². The average Bonchev–Trinajstić information content (AvgIpc) is 2.75. The van der Waals surface area contributed by atoms with Crippen LogP contribution in [0.25, 0.3) is 0 Å². The normalized spacial score (nSPS) is 16.4. The maximum absolute atomic E-state index is 12.8. The Morgan fingerprint density at radius 2 is 1.74 bits per heavy atom. The first-order valence-electron chi connectivity index (χ1n) is 9.67. The lowest BCUT2D eigenvalue weighted by Crippen LogP contribution is -2.49. The van der Waals surface area contributed by atoms with E-state index >= 15 is 0 Å². The van der Waals surface area contributed by atoms with Crippen LogP contribution < -0.4 is 10.1 Å². The topological polar surface area (TPSA) is 139 Å². The molecule has 0 bridgehead atoms. The number of piperidine rings is 1. The number of nitrogens with zero attached hydrogens (tertiary/aromatic N) is 2. The molecular formula is C20H23N3O7S. The minimum absolute atomic E-state index is 0.00324. The van der Waals surface area contributed by atoms with Crippen molar-refractivity contribution in [3.05, 3.63) is 58.6 Å². The summed E-state index contributed by atoms with van der Waals surface area (Å²) in [7, 11) is -3.76. The van der Waals surface area contributed by atoms with Crippen molar-refractivity contribution in [2.75, 3.05) is 13.1 Å². The zero-order valence-electron chi connectivity index (χ0n) is 16.8. The van der Waals surface area contributed by atoms with Crippen LogP contribution in [0.4, 0.5) is 5.69 Å². The van der Waals surface area contributed by atoms with Crippen LogP contribution in [0, 0.1) is 10.1 Å². The number of non-ortho nitro benzene ring substituents is 1. The molecule has 1 atom stereocenters. The van der Waals surface area contributed by atoms with E-state index in [0.717, 1.165) is 12.1 Å². The molecular weight excluding hydrogens is 426 g/mol. The third kappa shape index (κ3) is 5.50. The maximum Gasteiger partial charge on any atom is 0.269 e. The number of carbonyl (C=O) groups excluding carboxylic acids is 1. The van der Waals surface area contributed by atoms with Gasteiger partial charge in [-0.05, 0) is 56.2 Å². The zero-order chi connectivity index (χ0) is 22.6. The van der Waals surface area contributed by atoms with Crippen molar-refractivity contribution >= 4 is 21.6 Å². The van der Waals surface area contributed by atoms with Gasteiger partial charge in [0.25, 0.3) is 11.6 Å². The van der Waals surface area contributed by atoms with E-state index in [1.54, 1.807) is 19.1 Å². The number of amides is 1. The fraction of sp³-hybridized carbons (Fsp3) is 0.350. The molecule has 2 aromatic carbocycles. The molecule has 0 aromatic heterocycles. The van der Waals surface area contributed by atoms with Gasteiger partial charge >= 0.3 is 0 Å². The van der Waals surface area contributed by atoms with Gasteiger partial charge in [-0.15, -0.1) is 0 Å². The minimum Gasteiger partial charge on any atom is -0.508 e. The van der Waals surface area contributed by atoms with Gasteiger partial charge in [0.15, 0.2) is 6.10 Å². The number of carbonyl (C=O) groups is 1. The molecule has 1 aliphatic heterocycles. The van der Waals surface area contributed by atoms with Gasteiger partial charge in [-0.25, -0.2) is 8.42 Å². The Morgan fingerprint density at radius 3 is 2.29 bits per heavy atom. The molecule has 1 unspecified atom stereocenters. The fourth-order valence-electron chi connectivity index (χ4n) is 3.23. The largest absolute Gasteiger partial charge is 0.508 e. The minimum atomic E-state index is -3.76. The Labute approximate surface area is 179 Å². The summed E-state index contributed by atoms with van der Waals surface area (Å²) in [6.07, 6.45) is 0.111. The number of phenols is 1. The number of benzene rings is 2. The lowest BCUT2D eigenvalue weighted by atomic mass is 10.1. The van der Waals surface area contributed by atoms with Crippen LogP contribution in [0.5, 0.6) is 11.5 Å². The number of phenolic OH excluding ortho intramolecular Hbond substituents is 1. The summed E-state index contributed by atoms with van der Waals surface area (Å²) in [5.74, 6) is 0.231. The maximum atomic E-state index is 12.8. The number of nitro groups is 1. The Bertz CT molecular complexity index is 1030. The summed E-state index contributed by atoms with van der Waals surface area (Å²) >= 11 is 0. The average molecular weight is 449 g/mol. The Balaban J connectivity index is 1.53. The smallest absolute Gasteiger partial charge is 0.269 e. The molecule has 1 heterocycles. The van der Waals surface area contributed by atoms with Crippen LogP contribution >= 0.6 is 0 Å². The van der Waals surface area contributed by atoms with Gasteiger partial charge in [-0.2, -0.15) is 4.31 Å². The first kappa shape index (κ1) is 22.5. The van der Waals surface area contributed by atoms with Crippen molar-refractivity contribution in [2.24, 2.45) is 0 Å². The number of nitrogens with one attached hydrogen (secondary N) is 1. The van der Waals surface area contributed by atoms with Crippen molar-refractivity contribution in [3.8, 4) is 11.5 Å². The van der Waals surface area contributed by atoms with E-state index in [0.29, 0.717) is 18.6 Å². The molecule has 2 aromatic rings. The van der Waals surface area contributed by atoms with E-state index in [2.05, 4.69) is 5.32 Å². The molecule has 1 amide bonds. The van der Waals surface area contributed by atoms with Crippen LogP contribution in [0.1, 0.15) is 19.8 Å². The first-order valence-corrected chi connectivity index (χ1v) is 11.1. The highest BCUT2D eigenvalue weighted by molar-refractivity contribution is 7.89. The predicted octanol–water partition coefficient (Wildman–Crippen LogP) is 2.04.